The van der Waals surface area contributed by atoms with Crippen molar-refractivity contribution >= 4 is 52.9 Å². The van der Waals surface area contributed by atoms with Gasteiger partial charge in [-0.3, -0.25) is 0 Å². The molecule has 0 aliphatic carbocycles. The van der Waals surface area contributed by atoms with Crippen molar-refractivity contribution in [3.8, 4) is 0 Å². The Morgan fingerprint density at radius 1 is 1.25 bits per heavy atom. The summed E-state index contributed by atoms with van der Waals surface area (Å²) in [6, 6.07) is 9.79. The lowest BCUT2D eigenvalue weighted by Crippen LogP contribution is -2.39. The summed E-state index contributed by atoms with van der Waals surface area (Å²) < 4.78 is 13.5. The number of hydrogen-bond donors (Lipinski definition) is 3. The first kappa shape index (κ1) is 21.1. The van der Waals surface area contributed by atoms with Gasteiger partial charge in [-0.25, -0.2) is 9.38 Å². The molecule has 0 saturated carbocycles. The Bertz CT molecular complexity index is 651. The summed E-state index contributed by atoms with van der Waals surface area (Å²) in [5, 5.41) is 16.3. The molecule has 0 aliphatic heterocycles. The van der Waals surface area contributed by atoms with Gasteiger partial charge < -0.3 is 15.7 Å². The van der Waals surface area contributed by atoms with Crippen LogP contribution in [0.2, 0.25) is 4.34 Å². The normalized spacial score (nSPS) is 12.4. The van der Waals surface area contributed by atoms with Crippen molar-refractivity contribution in [1.29, 1.82) is 0 Å². The third-order valence-corrected chi connectivity index (χ3v) is 4.39. The fourth-order valence-electron chi connectivity index (χ4n) is 1.90. The van der Waals surface area contributed by atoms with Crippen molar-refractivity contribution in [3.63, 3.8) is 0 Å². The zero-order valence-corrected chi connectivity index (χ0v) is 17.0. The largest absolute Gasteiger partial charge is 0.386 e. The van der Waals surface area contributed by atoms with E-state index in [1.807, 2.05) is 13.0 Å². The van der Waals surface area contributed by atoms with Crippen molar-refractivity contribution < 1.29 is 9.50 Å². The van der Waals surface area contributed by atoms with E-state index in [1.165, 1.54) is 23.5 Å². The van der Waals surface area contributed by atoms with Crippen LogP contribution in [0.15, 0.2) is 41.4 Å². The van der Waals surface area contributed by atoms with Crippen LogP contribution in [0.5, 0.6) is 0 Å². The van der Waals surface area contributed by atoms with Crippen molar-refractivity contribution in [3.05, 3.63) is 57.0 Å². The number of halogens is 3. The van der Waals surface area contributed by atoms with Crippen LogP contribution in [0.4, 0.5) is 4.39 Å². The maximum Gasteiger partial charge on any atom is 0.191 e. The highest BCUT2D eigenvalue weighted by Gasteiger charge is 2.10. The molecule has 0 amide bonds. The molecular formula is C16H20ClFIN3OS. The molecule has 0 bridgehead atoms. The highest BCUT2D eigenvalue weighted by molar-refractivity contribution is 14.0. The molecular weight excluding hydrogens is 464 g/mol. The third-order valence-electron chi connectivity index (χ3n) is 3.06. The number of thiophene rings is 1. The van der Waals surface area contributed by atoms with Crippen molar-refractivity contribution in [2.24, 2.45) is 4.99 Å². The number of guanidine groups is 1. The van der Waals surface area contributed by atoms with E-state index < -0.39 is 6.10 Å². The number of aliphatic hydroxyl groups is 1. The lowest BCUT2D eigenvalue weighted by Gasteiger charge is -2.14. The fraction of sp³-hybridized carbons (Fsp3) is 0.312. The third kappa shape index (κ3) is 6.92. The van der Waals surface area contributed by atoms with Gasteiger partial charge in [-0.2, -0.15) is 0 Å². The maximum atomic E-state index is 12.9. The predicted octanol–water partition coefficient (Wildman–Crippen LogP) is 3.95. The summed E-state index contributed by atoms with van der Waals surface area (Å²) in [6.07, 6.45) is -0.651. The topological polar surface area (TPSA) is 56.7 Å². The van der Waals surface area contributed by atoms with E-state index in [4.69, 9.17) is 11.6 Å². The van der Waals surface area contributed by atoms with E-state index in [0.717, 1.165) is 10.4 Å². The molecule has 0 spiro atoms. The van der Waals surface area contributed by atoms with Gasteiger partial charge >= 0.3 is 0 Å². The van der Waals surface area contributed by atoms with Gasteiger partial charge in [-0.15, -0.1) is 35.3 Å². The molecule has 1 aromatic carbocycles. The number of hydrogen-bond acceptors (Lipinski definition) is 3. The zero-order chi connectivity index (χ0) is 16.7. The van der Waals surface area contributed by atoms with E-state index in [0.29, 0.717) is 29.9 Å². The van der Waals surface area contributed by atoms with E-state index in [9.17, 15) is 9.50 Å². The number of aliphatic hydroxyl groups excluding tert-OH is 1. The summed E-state index contributed by atoms with van der Waals surface area (Å²) in [5.74, 6) is 0.332. The summed E-state index contributed by atoms with van der Waals surface area (Å²) >= 11 is 7.22. The average molecular weight is 484 g/mol. The number of rotatable bonds is 6. The summed E-state index contributed by atoms with van der Waals surface area (Å²) in [5.41, 5.74) is 0.911. The van der Waals surface area contributed by atoms with Gasteiger partial charge in [0.2, 0.25) is 0 Å². The van der Waals surface area contributed by atoms with Gasteiger partial charge in [0.05, 0.1) is 10.9 Å². The monoisotopic (exact) mass is 483 g/mol. The van der Waals surface area contributed by atoms with Crippen LogP contribution in [-0.2, 0) is 6.54 Å². The Kier molecular flexibility index (Phi) is 9.57. The Hall–Kier alpha value is -0.900. The first-order valence-corrected chi connectivity index (χ1v) is 8.48. The van der Waals surface area contributed by atoms with Crippen molar-refractivity contribution in [2.45, 2.75) is 19.6 Å². The zero-order valence-electron chi connectivity index (χ0n) is 13.1. The minimum Gasteiger partial charge on any atom is -0.386 e. The second kappa shape index (κ2) is 10.9. The van der Waals surface area contributed by atoms with Crippen LogP contribution in [-0.4, -0.2) is 24.2 Å². The number of benzene rings is 1. The van der Waals surface area contributed by atoms with Crippen molar-refractivity contribution in [2.75, 3.05) is 13.1 Å². The van der Waals surface area contributed by atoms with Crippen LogP contribution in [0.1, 0.15) is 23.5 Å². The minimum atomic E-state index is -0.651. The highest BCUT2D eigenvalue weighted by Crippen LogP contribution is 2.26. The lowest BCUT2D eigenvalue weighted by molar-refractivity contribution is 0.184. The molecule has 132 valence electrons. The van der Waals surface area contributed by atoms with E-state index in [-0.39, 0.29) is 29.8 Å². The molecule has 4 nitrogen and oxygen atoms in total. The van der Waals surface area contributed by atoms with E-state index in [1.54, 1.807) is 18.2 Å². The van der Waals surface area contributed by atoms with Gasteiger partial charge in [0, 0.05) is 18.0 Å². The summed E-state index contributed by atoms with van der Waals surface area (Å²) in [4.78, 5) is 5.23. The molecule has 8 heteroatoms. The Morgan fingerprint density at radius 3 is 2.54 bits per heavy atom. The van der Waals surface area contributed by atoms with Gasteiger partial charge in [0.1, 0.15) is 11.9 Å². The average Bonchev–Trinajstić information content (AvgIpc) is 2.98. The molecule has 0 radical (unpaired) electrons. The standard InChI is InChI=1S/C16H19ClFN3OS.HI/c1-2-19-16(20-9-11-3-5-12(18)6-4-11)21-10-13(22)14-7-8-15(17)23-14;/h3-8,13,22H,2,9-10H2,1H3,(H2,19,20,21);1H. The van der Waals surface area contributed by atoms with Gasteiger partial charge in [0.25, 0.3) is 0 Å². The minimum absolute atomic E-state index is 0. The maximum absolute atomic E-state index is 12.9. The molecule has 1 aromatic heterocycles. The van der Waals surface area contributed by atoms with Crippen LogP contribution < -0.4 is 10.6 Å². The molecule has 1 atom stereocenters. The molecule has 1 unspecified atom stereocenters. The predicted molar refractivity (Wildman–Crippen MR) is 109 cm³/mol. The van der Waals surface area contributed by atoms with Crippen LogP contribution in [0.25, 0.3) is 0 Å². The second-order valence-electron chi connectivity index (χ2n) is 4.86. The molecule has 2 aromatic rings. The van der Waals surface area contributed by atoms with Gasteiger partial charge in [-0.05, 0) is 36.8 Å². The van der Waals surface area contributed by atoms with Gasteiger partial charge in [-0.1, -0.05) is 23.7 Å². The first-order chi connectivity index (χ1) is 11.1. The lowest BCUT2D eigenvalue weighted by atomic mass is 10.2. The Labute approximate surface area is 167 Å². The molecule has 3 N–H and O–H groups in total. The quantitative estimate of drug-likeness (QED) is 0.331. The summed E-state index contributed by atoms with van der Waals surface area (Å²) in [7, 11) is 0. The molecule has 0 aliphatic rings. The molecule has 24 heavy (non-hydrogen) atoms. The highest BCUT2D eigenvalue weighted by atomic mass is 127. The Morgan fingerprint density at radius 2 is 1.96 bits per heavy atom. The van der Waals surface area contributed by atoms with Crippen molar-refractivity contribution in [1.82, 2.24) is 10.6 Å². The van der Waals surface area contributed by atoms with Gasteiger partial charge in [0.15, 0.2) is 5.96 Å². The van der Waals surface area contributed by atoms with Crippen LogP contribution in [0.3, 0.4) is 0 Å². The molecule has 0 fully saturated rings. The molecule has 1 heterocycles. The van der Waals surface area contributed by atoms with Crippen LogP contribution in [0, 0.1) is 5.82 Å². The Balaban J connectivity index is 0.00000288. The number of nitrogens with one attached hydrogen (secondary N) is 2. The smallest absolute Gasteiger partial charge is 0.191 e. The molecule has 0 saturated heterocycles. The van der Waals surface area contributed by atoms with E-state index >= 15 is 0 Å². The second-order valence-corrected chi connectivity index (χ2v) is 6.61. The summed E-state index contributed by atoms with van der Waals surface area (Å²) in [6.45, 7) is 3.42. The van der Waals surface area contributed by atoms with Crippen LogP contribution >= 0.6 is 46.9 Å². The first-order valence-electron chi connectivity index (χ1n) is 7.28. The molecule has 2 rings (SSSR count). The number of aliphatic imine (C=N–C) groups is 1. The fourth-order valence-corrected chi connectivity index (χ4v) is 2.95. The SMILES string of the molecule is CCNC(=NCc1ccc(F)cc1)NCC(O)c1ccc(Cl)s1.I. The number of nitrogens with zero attached hydrogens (tertiary/aromatic N) is 1. The van der Waals surface area contributed by atoms with E-state index in [2.05, 4.69) is 15.6 Å².